The molecule has 4 nitrogen and oxygen atoms in total. The Balaban J connectivity index is 1.91. The van der Waals surface area contributed by atoms with E-state index in [2.05, 4.69) is 15.9 Å². The van der Waals surface area contributed by atoms with Gasteiger partial charge in [-0.2, -0.15) is 0 Å². The summed E-state index contributed by atoms with van der Waals surface area (Å²) in [5, 5.41) is 8.92. The summed E-state index contributed by atoms with van der Waals surface area (Å²) in [6.45, 7) is 0. The van der Waals surface area contributed by atoms with Gasteiger partial charge in [0, 0.05) is 4.47 Å². The van der Waals surface area contributed by atoms with Crippen LogP contribution in [0, 0.1) is 0 Å². The summed E-state index contributed by atoms with van der Waals surface area (Å²) in [4.78, 5) is 25.6. The van der Waals surface area contributed by atoms with E-state index in [0.29, 0.717) is 14.9 Å². The first-order valence-corrected chi connectivity index (χ1v) is 8.85. The molecule has 1 amide bonds. The molecule has 0 saturated carbocycles. The number of amides is 1. The molecule has 1 saturated heterocycles. The topological polar surface area (TPSA) is 57.6 Å². The van der Waals surface area contributed by atoms with Crippen LogP contribution < -0.4 is 4.90 Å². The Kier molecular flexibility index (Phi) is 4.84. The molecule has 1 heterocycles. The molecule has 24 heavy (non-hydrogen) atoms. The maximum Gasteiger partial charge on any atom is 0.335 e. The lowest BCUT2D eigenvalue weighted by atomic mass is 10.1. The van der Waals surface area contributed by atoms with Gasteiger partial charge in [-0.15, -0.1) is 0 Å². The number of anilines is 1. The van der Waals surface area contributed by atoms with Crippen LogP contribution in [-0.2, 0) is 4.79 Å². The average molecular weight is 420 g/mol. The smallest absolute Gasteiger partial charge is 0.335 e. The molecule has 1 aliphatic rings. The van der Waals surface area contributed by atoms with Crippen LogP contribution >= 0.6 is 39.9 Å². The lowest BCUT2D eigenvalue weighted by molar-refractivity contribution is -0.113. The maximum atomic E-state index is 12.7. The van der Waals surface area contributed by atoms with Crippen molar-refractivity contribution in [3.05, 3.63) is 69.0 Å². The highest BCUT2D eigenvalue weighted by atomic mass is 79.9. The molecule has 1 aliphatic heterocycles. The van der Waals surface area contributed by atoms with Gasteiger partial charge in [0.2, 0.25) is 0 Å². The van der Waals surface area contributed by atoms with Gasteiger partial charge in [0.1, 0.15) is 0 Å². The van der Waals surface area contributed by atoms with Gasteiger partial charge in [-0.05, 0) is 51.8 Å². The number of rotatable bonds is 3. The summed E-state index contributed by atoms with van der Waals surface area (Å²) in [7, 11) is 0. The van der Waals surface area contributed by atoms with Crippen molar-refractivity contribution in [1.82, 2.24) is 0 Å². The first kappa shape index (κ1) is 16.9. The van der Waals surface area contributed by atoms with Crippen molar-refractivity contribution >= 4 is 67.9 Å². The Morgan fingerprint density at radius 3 is 2.46 bits per heavy atom. The van der Waals surface area contributed by atoms with Crippen molar-refractivity contribution in [2.24, 2.45) is 0 Å². The van der Waals surface area contributed by atoms with Crippen LogP contribution in [0.1, 0.15) is 15.9 Å². The van der Waals surface area contributed by atoms with E-state index in [0.717, 1.165) is 10.0 Å². The van der Waals surface area contributed by atoms with Crippen molar-refractivity contribution in [3.63, 3.8) is 0 Å². The number of para-hydroxylation sites is 1. The van der Waals surface area contributed by atoms with E-state index in [1.54, 1.807) is 18.2 Å². The maximum absolute atomic E-state index is 12.7. The van der Waals surface area contributed by atoms with E-state index < -0.39 is 5.97 Å². The van der Waals surface area contributed by atoms with Crippen LogP contribution in [0.4, 0.5) is 5.69 Å². The molecule has 1 fully saturated rings. The van der Waals surface area contributed by atoms with Gasteiger partial charge in [-0.25, -0.2) is 4.79 Å². The van der Waals surface area contributed by atoms with E-state index in [1.165, 1.54) is 28.8 Å². The van der Waals surface area contributed by atoms with E-state index in [1.807, 2.05) is 24.3 Å². The van der Waals surface area contributed by atoms with Crippen LogP contribution in [0.5, 0.6) is 0 Å². The lowest BCUT2D eigenvalue weighted by Gasteiger charge is -2.15. The number of carboxylic acid groups (broad SMARTS) is 1. The van der Waals surface area contributed by atoms with Gasteiger partial charge in [0.25, 0.3) is 5.91 Å². The molecule has 7 heteroatoms. The monoisotopic (exact) mass is 419 g/mol. The van der Waals surface area contributed by atoms with E-state index in [9.17, 15) is 9.59 Å². The van der Waals surface area contributed by atoms with Gasteiger partial charge in [0.15, 0.2) is 4.32 Å². The number of aromatic carboxylic acids is 1. The third-order valence-corrected chi connectivity index (χ3v) is 5.32. The summed E-state index contributed by atoms with van der Waals surface area (Å²) in [6, 6.07) is 13.7. The Morgan fingerprint density at radius 1 is 1.17 bits per heavy atom. The fraction of sp³-hybridized carbons (Fsp3) is 0. The first-order valence-electron chi connectivity index (χ1n) is 6.83. The van der Waals surface area contributed by atoms with Gasteiger partial charge >= 0.3 is 5.97 Å². The number of carbonyl (C=O) groups is 2. The number of thioether (sulfide) groups is 1. The van der Waals surface area contributed by atoms with Crippen molar-refractivity contribution < 1.29 is 14.7 Å². The zero-order chi connectivity index (χ0) is 17.3. The van der Waals surface area contributed by atoms with Crippen LogP contribution in [0.25, 0.3) is 6.08 Å². The van der Waals surface area contributed by atoms with Gasteiger partial charge in [-0.3, -0.25) is 9.69 Å². The number of hydrogen-bond acceptors (Lipinski definition) is 4. The number of hydrogen-bond donors (Lipinski definition) is 1. The largest absolute Gasteiger partial charge is 0.478 e. The van der Waals surface area contributed by atoms with Gasteiger partial charge < -0.3 is 5.11 Å². The standard InChI is InChI=1S/C17H10BrNO3S2/c18-12-3-1-2-4-13(12)19-15(20)14(24-17(19)23)9-10-5-7-11(8-6-10)16(21)22/h1-9H,(H,21,22)/b14-9+. The number of benzene rings is 2. The SMILES string of the molecule is O=C(O)c1ccc(/C=C2/SC(=S)N(c3ccccc3Br)C2=O)cc1. The quantitative estimate of drug-likeness (QED) is 0.583. The summed E-state index contributed by atoms with van der Waals surface area (Å²) >= 11 is 9.99. The van der Waals surface area contributed by atoms with Crippen molar-refractivity contribution in [2.75, 3.05) is 4.90 Å². The Labute approximate surface area is 156 Å². The minimum atomic E-state index is -0.984. The van der Waals surface area contributed by atoms with E-state index in [4.69, 9.17) is 17.3 Å². The molecule has 2 aromatic carbocycles. The molecule has 0 radical (unpaired) electrons. The molecule has 0 atom stereocenters. The van der Waals surface area contributed by atoms with Crippen LogP contribution in [0.3, 0.4) is 0 Å². The Morgan fingerprint density at radius 2 is 1.83 bits per heavy atom. The zero-order valence-corrected chi connectivity index (χ0v) is 15.3. The second kappa shape index (κ2) is 6.88. The predicted octanol–water partition coefficient (Wildman–Crippen LogP) is 4.55. The van der Waals surface area contributed by atoms with Gasteiger partial charge in [0.05, 0.1) is 16.2 Å². The van der Waals surface area contributed by atoms with Crippen LogP contribution in [-0.4, -0.2) is 21.3 Å². The molecule has 3 rings (SSSR count). The molecule has 0 unspecified atom stereocenters. The lowest BCUT2D eigenvalue weighted by Crippen LogP contribution is -2.27. The first-order chi connectivity index (χ1) is 11.5. The number of nitrogens with zero attached hydrogens (tertiary/aromatic N) is 1. The molecule has 0 spiro atoms. The number of halogens is 1. The van der Waals surface area contributed by atoms with E-state index >= 15 is 0 Å². The summed E-state index contributed by atoms with van der Waals surface area (Å²) in [5.74, 6) is -1.18. The molecular weight excluding hydrogens is 410 g/mol. The molecule has 1 N–H and O–H groups in total. The van der Waals surface area contributed by atoms with Crippen LogP contribution in [0.2, 0.25) is 0 Å². The highest BCUT2D eigenvalue weighted by Gasteiger charge is 2.34. The number of carboxylic acids is 1. The molecule has 120 valence electrons. The number of carbonyl (C=O) groups excluding carboxylic acids is 1. The third-order valence-electron chi connectivity index (χ3n) is 3.34. The van der Waals surface area contributed by atoms with Gasteiger partial charge in [-0.1, -0.05) is 48.2 Å². The zero-order valence-electron chi connectivity index (χ0n) is 12.1. The normalized spacial score (nSPS) is 16.0. The summed E-state index contributed by atoms with van der Waals surface area (Å²) in [5.41, 5.74) is 1.64. The highest BCUT2D eigenvalue weighted by molar-refractivity contribution is 9.10. The Bertz CT molecular complexity index is 878. The molecule has 0 aliphatic carbocycles. The molecule has 0 aromatic heterocycles. The highest BCUT2D eigenvalue weighted by Crippen LogP contribution is 2.38. The van der Waals surface area contributed by atoms with Crippen molar-refractivity contribution in [2.45, 2.75) is 0 Å². The minimum Gasteiger partial charge on any atom is -0.478 e. The average Bonchev–Trinajstić information content (AvgIpc) is 2.83. The summed E-state index contributed by atoms with van der Waals surface area (Å²) < 4.78 is 1.24. The Hall–Kier alpha value is -1.96. The van der Waals surface area contributed by atoms with E-state index in [-0.39, 0.29) is 11.5 Å². The summed E-state index contributed by atoms with van der Waals surface area (Å²) in [6.07, 6.45) is 1.71. The second-order valence-electron chi connectivity index (χ2n) is 4.90. The number of thiocarbonyl (C=S) groups is 1. The minimum absolute atomic E-state index is 0.195. The predicted molar refractivity (Wildman–Crippen MR) is 103 cm³/mol. The molecular formula is C17H10BrNO3S2. The fourth-order valence-corrected chi connectivity index (χ4v) is 3.93. The molecule has 0 bridgehead atoms. The van der Waals surface area contributed by atoms with Crippen molar-refractivity contribution in [1.29, 1.82) is 0 Å². The van der Waals surface area contributed by atoms with Crippen LogP contribution in [0.15, 0.2) is 57.9 Å². The fourth-order valence-electron chi connectivity index (χ4n) is 2.18. The molecule has 2 aromatic rings. The third kappa shape index (κ3) is 3.28. The second-order valence-corrected chi connectivity index (χ2v) is 7.43. The van der Waals surface area contributed by atoms with Crippen molar-refractivity contribution in [3.8, 4) is 0 Å².